The Kier molecular flexibility index (Phi) is 2.68. The minimum Gasteiger partial charge on any atom is -0.268 e. The number of carbonyl (C=O) groups is 1. The zero-order valence-corrected chi connectivity index (χ0v) is 8.42. The second-order valence-electron chi connectivity index (χ2n) is 3.76. The summed E-state index contributed by atoms with van der Waals surface area (Å²) in [5, 5.41) is 10.5. The van der Waals surface area contributed by atoms with Crippen LogP contribution in [-0.4, -0.2) is 5.91 Å². The molecule has 0 unspecified atom stereocenters. The number of benzene rings is 1. The quantitative estimate of drug-likeness (QED) is 0.555. The van der Waals surface area contributed by atoms with E-state index in [-0.39, 0.29) is 5.91 Å². The van der Waals surface area contributed by atoms with Gasteiger partial charge in [0.05, 0.1) is 0 Å². The van der Waals surface area contributed by atoms with Crippen molar-refractivity contribution >= 4 is 5.91 Å². The molecule has 0 heterocycles. The van der Waals surface area contributed by atoms with E-state index < -0.39 is 0 Å². The van der Waals surface area contributed by atoms with Crippen molar-refractivity contribution in [1.82, 2.24) is 5.32 Å². The Morgan fingerprint density at radius 2 is 2.00 bits per heavy atom. The van der Waals surface area contributed by atoms with Crippen LogP contribution in [0.4, 0.5) is 0 Å². The third-order valence-corrected chi connectivity index (χ3v) is 2.78. The van der Waals surface area contributed by atoms with Crippen LogP contribution in [0.5, 0.6) is 0 Å². The highest BCUT2D eigenvalue weighted by atomic mass is 16.1. The Morgan fingerprint density at radius 1 is 1.27 bits per heavy atom. The van der Waals surface area contributed by atoms with Gasteiger partial charge in [-0.25, -0.2) is 0 Å². The second-order valence-corrected chi connectivity index (χ2v) is 3.76. The van der Waals surface area contributed by atoms with E-state index in [1.807, 2.05) is 12.1 Å². The van der Waals surface area contributed by atoms with Crippen molar-refractivity contribution in [1.29, 1.82) is 5.26 Å². The van der Waals surface area contributed by atoms with Crippen molar-refractivity contribution in [3.63, 3.8) is 0 Å². The molecule has 0 saturated heterocycles. The zero-order chi connectivity index (χ0) is 10.7. The van der Waals surface area contributed by atoms with Crippen LogP contribution in [0.1, 0.15) is 34.3 Å². The number of hydrogen-bond donors (Lipinski definition) is 1. The zero-order valence-electron chi connectivity index (χ0n) is 8.42. The number of nitrogens with zero attached hydrogens (tertiary/aromatic N) is 1. The van der Waals surface area contributed by atoms with Gasteiger partial charge in [-0.2, -0.15) is 5.26 Å². The molecule has 1 aromatic carbocycles. The largest absolute Gasteiger partial charge is 0.268 e. The molecule has 0 radical (unpaired) electrons. The predicted octanol–water partition coefficient (Wildman–Crippen LogP) is 1.78. The fraction of sp³-hybridized carbons (Fsp3) is 0.333. The van der Waals surface area contributed by atoms with Crippen molar-refractivity contribution < 1.29 is 4.79 Å². The van der Waals surface area contributed by atoms with Gasteiger partial charge in [-0.3, -0.25) is 10.1 Å². The third-order valence-electron chi connectivity index (χ3n) is 2.78. The van der Waals surface area contributed by atoms with Gasteiger partial charge < -0.3 is 0 Å². The first-order chi connectivity index (χ1) is 7.31. The summed E-state index contributed by atoms with van der Waals surface area (Å²) in [7, 11) is 0. The molecule has 1 amide bonds. The first kappa shape index (κ1) is 9.72. The monoisotopic (exact) mass is 200 g/mol. The number of rotatable bonds is 1. The lowest BCUT2D eigenvalue weighted by Crippen LogP contribution is -2.18. The first-order valence-corrected chi connectivity index (χ1v) is 5.12. The topological polar surface area (TPSA) is 52.9 Å². The third kappa shape index (κ3) is 1.99. The average Bonchev–Trinajstić information content (AvgIpc) is 2.29. The molecular weight excluding hydrogens is 188 g/mol. The van der Waals surface area contributed by atoms with Crippen LogP contribution in [0, 0.1) is 11.5 Å². The molecule has 0 saturated carbocycles. The van der Waals surface area contributed by atoms with Crippen LogP contribution in [0.15, 0.2) is 18.2 Å². The van der Waals surface area contributed by atoms with Crippen molar-refractivity contribution in [3.05, 3.63) is 34.9 Å². The van der Waals surface area contributed by atoms with Crippen molar-refractivity contribution in [2.75, 3.05) is 0 Å². The Morgan fingerprint density at radius 3 is 2.73 bits per heavy atom. The molecule has 0 atom stereocenters. The highest BCUT2D eigenvalue weighted by molar-refractivity contribution is 5.95. The fourth-order valence-corrected chi connectivity index (χ4v) is 2.00. The van der Waals surface area contributed by atoms with E-state index in [2.05, 4.69) is 5.32 Å². The van der Waals surface area contributed by atoms with Crippen molar-refractivity contribution in [2.24, 2.45) is 0 Å². The van der Waals surface area contributed by atoms with Gasteiger partial charge in [-0.1, -0.05) is 6.07 Å². The maximum atomic E-state index is 11.4. The van der Waals surface area contributed by atoms with E-state index in [0.717, 1.165) is 12.8 Å². The molecule has 1 aromatic rings. The molecule has 0 fully saturated rings. The Bertz CT molecular complexity index is 432. The van der Waals surface area contributed by atoms with Gasteiger partial charge in [0.1, 0.15) is 0 Å². The lowest BCUT2D eigenvalue weighted by molar-refractivity contribution is 0.0972. The lowest BCUT2D eigenvalue weighted by Gasteiger charge is -2.15. The molecule has 0 aromatic heterocycles. The molecule has 0 bridgehead atoms. The summed E-state index contributed by atoms with van der Waals surface area (Å²) in [5.41, 5.74) is 3.18. The standard InChI is InChI=1S/C12H12N2O/c13-8-14-12(15)11-6-5-9-3-1-2-4-10(9)7-11/h5-7H,1-4H2,(H,14,15). The molecule has 76 valence electrons. The van der Waals surface area contributed by atoms with Crippen LogP contribution in [0.3, 0.4) is 0 Å². The van der Waals surface area contributed by atoms with E-state index in [9.17, 15) is 4.79 Å². The maximum absolute atomic E-state index is 11.4. The summed E-state index contributed by atoms with van der Waals surface area (Å²) >= 11 is 0. The van der Waals surface area contributed by atoms with Gasteiger partial charge in [0.2, 0.25) is 0 Å². The predicted molar refractivity (Wildman–Crippen MR) is 56.2 cm³/mol. The number of amides is 1. The number of nitrogens with one attached hydrogen (secondary N) is 1. The Balaban J connectivity index is 2.28. The minimum atomic E-state index is -0.314. The molecule has 1 aliphatic carbocycles. The number of fused-ring (bicyclic) bond motifs is 1. The SMILES string of the molecule is N#CNC(=O)c1ccc2c(c1)CCCC2. The number of nitriles is 1. The average molecular weight is 200 g/mol. The van der Waals surface area contributed by atoms with Gasteiger partial charge in [-0.05, 0) is 48.9 Å². The van der Waals surface area contributed by atoms with Crippen LogP contribution in [0.25, 0.3) is 0 Å². The molecule has 1 aliphatic rings. The fourth-order valence-electron chi connectivity index (χ4n) is 2.00. The molecule has 0 spiro atoms. The van der Waals surface area contributed by atoms with Crippen LogP contribution < -0.4 is 5.32 Å². The van der Waals surface area contributed by atoms with Gasteiger partial charge in [0.25, 0.3) is 5.91 Å². The van der Waals surface area contributed by atoms with Gasteiger partial charge in [0, 0.05) is 5.56 Å². The molecule has 0 aliphatic heterocycles. The summed E-state index contributed by atoms with van der Waals surface area (Å²) in [6, 6.07) is 5.69. The van der Waals surface area contributed by atoms with Crippen molar-refractivity contribution in [2.45, 2.75) is 25.7 Å². The number of aryl methyl sites for hydroxylation is 2. The highest BCUT2D eigenvalue weighted by Gasteiger charge is 2.12. The van der Waals surface area contributed by atoms with Gasteiger partial charge in [0.15, 0.2) is 6.19 Å². The normalized spacial score (nSPS) is 13.8. The first-order valence-electron chi connectivity index (χ1n) is 5.12. The summed E-state index contributed by atoms with van der Waals surface area (Å²) in [6.07, 6.45) is 6.22. The van der Waals surface area contributed by atoms with E-state index in [1.165, 1.54) is 24.0 Å². The second kappa shape index (κ2) is 4.14. The summed E-state index contributed by atoms with van der Waals surface area (Å²) in [5.74, 6) is -0.314. The molecule has 2 rings (SSSR count). The Hall–Kier alpha value is -1.82. The summed E-state index contributed by atoms with van der Waals surface area (Å²) in [4.78, 5) is 11.4. The lowest BCUT2D eigenvalue weighted by atomic mass is 9.90. The van der Waals surface area contributed by atoms with Gasteiger partial charge in [-0.15, -0.1) is 0 Å². The number of carbonyl (C=O) groups excluding carboxylic acids is 1. The molecule has 1 N–H and O–H groups in total. The van der Waals surface area contributed by atoms with E-state index >= 15 is 0 Å². The van der Waals surface area contributed by atoms with Crippen LogP contribution in [-0.2, 0) is 12.8 Å². The number of hydrogen-bond acceptors (Lipinski definition) is 2. The highest BCUT2D eigenvalue weighted by Crippen LogP contribution is 2.22. The smallest absolute Gasteiger partial charge is 0.264 e. The summed E-state index contributed by atoms with van der Waals surface area (Å²) in [6.45, 7) is 0. The minimum absolute atomic E-state index is 0.314. The van der Waals surface area contributed by atoms with Gasteiger partial charge >= 0.3 is 0 Å². The molecule has 3 nitrogen and oxygen atoms in total. The van der Waals surface area contributed by atoms with E-state index in [4.69, 9.17) is 5.26 Å². The van der Waals surface area contributed by atoms with E-state index in [1.54, 1.807) is 12.3 Å². The Labute approximate surface area is 88.7 Å². The molecule has 3 heteroatoms. The van der Waals surface area contributed by atoms with Crippen molar-refractivity contribution in [3.8, 4) is 6.19 Å². The van der Waals surface area contributed by atoms with Crippen LogP contribution in [0.2, 0.25) is 0 Å². The maximum Gasteiger partial charge on any atom is 0.264 e. The van der Waals surface area contributed by atoms with E-state index in [0.29, 0.717) is 5.56 Å². The molecule has 15 heavy (non-hydrogen) atoms. The summed E-state index contributed by atoms with van der Waals surface area (Å²) < 4.78 is 0. The van der Waals surface area contributed by atoms with Crippen LogP contribution >= 0.6 is 0 Å². The molecular formula is C12H12N2O.